The van der Waals surface area contributed by atoms with Crippen LogP contribution in [-0.4, -0.2) is 29.4 Å². The second-order valence-corrected chi connectivity index (χ2v) is 7.02. The predicted octanol–water partition coefficient (Wildman–Crippen LogP) is 2.27. The molecule has 2 aliphatic carbocycles. The highest BCUT2D eigenvalue weighted by atomic mass is 16.5. The van der Waals surface area contributed by atoms with Crippen LogP contribution in [0.5, 0.6) is 0 Å². The third-order valence-electron chi connectivity index (χ3n) is 6.12. The van der Waals surface area contributed by atoms with E-state index in [4.69, 9.17) is 4.74 Å². The zero-order valence-corrected chi connectivity index (χ0v) is 13.7. The molecule has 4 atom stereocenters. The Morgan fingerprint density at radius 2 is 2.12 bits per heavy atom. The molecule has 0 radical (unpaired) electrons. The van der Waals surface area contributed by atoms with E-state index in [1.807, 2.05) is 35.2 Å². The lowest BCUT2D eigenvalue weighted by Gasteiger charge is -2.40. The van der Waals surface area contributed by atoms with Gasteiger partial charge in [0.25, 0.3) is 0 Å². The molecule has 2 saturated carbocycles. The number of hydrogen-bond donors (Lipinski definition) is 0. The Morgan fingerprint density at radius 3 is 2.79 bits per heavy atom. The largest absolute Gasteiger partial charge is 0.465 e. The van der Waals surface area contributed by atoms with Crippen molar-refractivity contribution in [2.24, 2.45) is 16.7 Å². The number of likely N-dealkylation sites (tertiary alicyclic amines) is 1. The maximum absolute atomic E-state index is 13.3. The standard InChI is InChI=1S/C19H20N2O3/c1-2-24-17(23)19-15-9-8-14(10-18(15,19)12-20)21(16(19)22)11-13-6-4-3-5-7-13/h3-7,14-15H,2,8-11H2,1H3/t14-,15-,18-,19+/m1/s1. The van der Waals surface area contributed by atoms with Crippen LogP contribution in [0.15, 0.2) is 30.3 Å². The van der Waals surface area contributed by atoms with Crippen LogP contribution in [0, 0.1) is 28.1 Å². The first kappa shape index (κ1) is 15.2. The molecule has 5 heteroatoms. The smallest absolute Gasteiger partial charge is 0.323 e. The number of ether oxygens (including phenoxy) is 1. The van der Waals surface area contributed by atoms with Crippen LogP contribution in [0.25, 0.3) is 0 Å². The highest BCUT2D eigenvalue weighted by Crippen LogP contribution is 2.78. The van der Waals surface area contributed by atoms with E-state index >= 15 is 0 Å². The fourth-order valence-corrected chi connectivity index (χ4v) is 5.06. The van der Waals surface area contributed by atoms with Gasteiger partial charge < -0.3 is 9.64 Å². The molecular formula is C19H20N2O3. The summed E-state index contributed by atoms with van der Waals surface area (Å²) in [4.78, 5) is 27.8. The minimum Gasteiger partial charge on any atom is -0.465 e. The summed E-state index contributed by atoms with van der Waals surface area (Å²) >= 11 is 0. The van der Waals surface area contributed by atoms with Gasteiger partial charge in [-0.25, -0.2) is 0 Å². The minimum atomic E-state index is -1.26. The molecule has 1 aromatic rings. The third kappa shape index (κ3) is 1.64. The zero-order chi connectivity index (χ0) is 16.9. The molecule has 0 N–H and O–H groups in total. The number of esters is 1. The number of carbonyl (C=O) groups is 2. The average Bonchev–Trinajstić information content (AvgIpc) is 3.27. The highest BCUT2D eigenvalue weighted by molar-refractivity contribution is 6.10. The van der Waals surface area contributed by atoms with E-state index in [0.717, 1.165) is 18.4 Å². The van der Waals surface area contributed by atoms with E-state index in [-0.39, 0.29) is 24.5 Å². The topological polar surface area (TPSA) is 70.4 Å². The first-order valence-electron chi connectivity index (χ1n) is 8.55. The number of carbonyl (C=O) groups excluding carboxylic acids is 2. The van der Waals surface area contributed by atoms with Crippen molar-refractivity contribution in [1.29, 1.82) is 5.26 Å². The Labute approximate surface area is 141 Å². The molecule has 0 spiro atoms. The monoisotopic (exact) mass is 324 g/mol. The molecule has 2 bridgehead atoms. The van der Waals surface area contributed by atoms with E-state index in [1.165, 1.54) is 0 Å². The normalized spacial score (nSPS) is 36.0. The molecule has 4 rings (SSSR count). The van der Waals surface area contributed by atoms with E-state index in [2.05, 4.69) is 6.07 Å². The second kappa shape index (κ2) is 5.07. The van der Waals surface area contributed by atoms with Crippen molar-refractivity contribution in [2.75, 3.05) is 6.61 Å². The van der Waals surface area contributed by atoms with Crippen molar-refractivity contribution in [2.45, 2.75) is 38.8 Å². The number of piperidine rings is 1. The van der Waals surface area contributed by atoms with Gasteiger partial charge in [-0.2, -0.15) is 5.26 Å². The van der Waals surface area contributed by atoms with Crippen molar-refractivity contribution in [3.8, 4) is 6.07 Å². The zero-order valence-electron chi connectivity index (χ0n) is 13.7. The maximum atomic E-state index is 13.3. The number of rotatable bonds is 4. The van der Waals surface area contributed by atoms with Gasteiger partial charge in [-0.3, -0.25) is 9.59 Å². The molecule has 0 aromatic heterocycles. The first-order valence-corrected chi connectivity index (χ1v) is 8.55. The van der Waals surface area contributed by atoms with E-state index < -0.39 is 16.8 Å². The summed E-state index contributed by atoms with van der Waals surface area (Å²) in [5.41, 5.74) is -1.06. The Morgan fingerprint density at radius 1 is 1.38 bits per heavy atom. The summed E-state index contributed by atoms with van der Waals surface area (Å²) in [6, 6.07) is 12.2. The molecule has 1 heterocycles. The molecule has 3 aliphatic rings. The van der Waals surface area contributed by atoms with Crippen molar-refractivity contribution >= 4 is 11.9 Å². The molecule has 0 unspecified atom stereocenters. The van der Waals surface area contributed by atoms with Gasteiger partial charge in [0.2, 0.25) is 5.91 Å². The summed E-state index contributed by atoms with van der Waals surface area (Å²) in [6.07, 6.45) is 2.19. The summed E-state index contributed by atoms with van der Waals surface area (Å²) < 4.78 is 5.23. The lowest BCUT2D eigenvalue weighted by molar-refractivity contribution is -0.163. The lowest BCUT2D eigenvalue weighted by Crippen LogP contribution is -2.53. The van der Waals surface area contributed by atoms with Gasteiger partial charge in [-0.15, -0.1) is 0 Å². The Balaban J connectivity index is 1.72. The molecule has 3 fully saturated rings. The van der Waals surface area contributed by atoms with Gasteiger partial charge in [0.15, 0.2) is 5.41 Å². The number of nitriles is 1. The van der Waals surface area contributed by atoms with E-state index in [0.29, 0.717) is 13.0 Å². The van der Waals surface area contributed by atoms with Crippen LogP contribution in [0.3, 0.4) is 0 Å². The van der Waals surface area contributed by atoms with Gasteiger partial charge in [0.05, 0.1) is 18.1 Å². The molecule has 124 valence electrons. The molecule has 1 saturated heterocycles. The molecule has 24 heavy (non-hydrogen) atoms. The van der Waals surface area contributed by atoms with Crippen molar-refractivity contribution in [3.63, 3.8) is 0 Å². The Bertz CT molecular complexity index is 741. The van der Waals surface area contributed by atoms with Crippen LogP contribution in [0.4, 0.5) is 0 Å². The number of amides is 1. The molecule has 1 aliphatic heterocycles. The number of nitrogens with zero attached hydrogens (tertiary/aromatic N) is 2. The van der Waals surface area contributed by atoms with Crippen LogP contribution in [0.2, 0.25) is 0 Å². The Hall–Kier alpha value is -2.35. The first-order chi connectivity index (χ1) is 11.6. The van der Waals surface area contributed by atoms with E-state index in [9.17, 15) is 14.9 Å². The van der Waals surface area contributed by atoms with Crippen LogP contribution >= 0.6 is 0 Å². The summed E-state index contributed by atoms with van der Waals surface area (Å²) in [6.45, 7) is 2.45. The fourth-order valence-electron chi connectivity index (χ4n) is 5.06. The SMILES string of the molecule is CCOC(=O)[C@@]12C(=O)N(Cc3ccccc3)[C@@H]3CC[C@@H]1[C@]2(C#N)C3. The average molecular weight is 324 g/mol. The molecule has 1 amide bonds. The summed E-state index contributed by atoms with van der Waals surface area (Å²) in [5.74, 6) is -0.886. The quantitative estimate of drug-likeness (QED) is 0.629. The molecular weight excluding hydrogens is 304 g/mol. The molecule has 1 aromatic carbocycles. The van der Waals surface area contributed by atoms with Gasteiger partial charge in [-0.1, -0.05) is 30.3 Å². The number of benzene rings is 1. The fraction of sp³-hybridized carbons (Fsp3) is 0.526. The van der Waals surface area contributed by atoms with Gasteiger partial charge in [0.1, 0.15) is 0 Å². The van der Waals surface area contributed by atoms with Crippen LogP contribution < -0.4 is 0 Å². The summed E-state index contributed by atoms with van der Waals surface area (Å²) in [7, 11) is 0. The number of fused-ring (bicyclic) bond motifs is 2. The summed E-state index contributed by atoms with van der Waals surface area (Å²) in [5, 5.41) is 9.76. The predicted molar refractivity (Wildman–Crippen MR) is 85.2 cm³/mol. The van der Waals surface area contributed by atoms with Crippen LogP contribution in [0.1, 0.15) is 31.7 Å². The Kier molecular flexibility index (Phi) is 3.21. The van der Waals surface area contributed by atoms with Gasteiger partial charge >= 0.3 is 5.97 Å². The van der Waals surface area contributed by atoms with Gasteiger partial charge in [0, 0.05) is 18.5 Å². The number of hydrogen-bond acceptors (Lipinski definition) is 4. The van der Waals surface area contributed by atoms with E-state index in [1.54, 1.807) is 6.92 Å². The second-order valence-electron chi connectivity index (χ2n) is 7.02. The molecule has 5 nitrogen and oxygen atoms in total. The maximum Gasteiger partial charge on any atom is 0.323 e. The van der Waals surface area contributed by atoms with Crippen molar-refractivity contribution in [3.05, 3.63) is 35.9 Å². The minimum absolute atomic E-state index is 0.0404. The van der Waals surface area contributed by atoms with Crippen LogP contribution in [-0.2, 0) is 20.9 Å². The highest BCUT2D eigenvalue weighted by Gasteiger charge is 2.89. The lowest BCUT2D eigenvalue weighted by atomic mass is 9.79. The van der Waals surface area contributed by atoms with Crippen molar-refractivity contribution in [1.82, 2.24) is 4.90 Å². The van der Waals surface area contributed by atoms with Gasteiger partial charge in [-0.05, 0) is 31.7 Å². The van der Waals surface area contributed by atoms with Crippen molar-refractivity contribution < 1.29 is 14.3 Å². The third-order valence-corrected chi connectivity index (χ3v) is 6.12.